The van der Waals surface area contributed by atoms with Crippen LogP contribution < -0.4 is 5.32 Å². The van der Waals surface area contributed by atoms with E-state index in [0.717, 1.165) is 38.9 Å². The van der Waals surface area contributed by atoms with Crippen molar-refractivity contribution < 1.29 is 14.3 Å². The number of fused-ring (bicyclic) bond motifs is 2. The molecule has 1 fully saturated rings. The number of carbonyl (C=O) groups excluding carboxylic acids is 2. The third-order valence-electron chi connectivity index (χ3n) is 6.26. The maximum atomic E-state index is 12.5. The van der Waals surface area contributed by atoms with Crippen molar-refractivity contribution in [1.29, 1.82) is 0 Å². The standard InChI is InChI=1S/C22H33N3O3/c1-24(2)13-10-23-20(26)14-17-15-22(19-7-5-4-6-18(17)19)8-11-25(12-9-22)21(27)16-28-3/h4-7,17H,8-16H2,1-3H3,(H,23,26)/t17-/m0/s1. The highest BCUT2D eigenvalue weighted by molar-refractivity contribution is 5.78. The van der Waals surface area contributed by atoms with Crippen molar-refractivity contribution in [2.45, 2.75) is 37.0 Å². The Kier molecular flexibility index (Phi) is 6.73. The molecule has 28 heavy (non-hydrogen) atoms. The number of likely N-dealkylation sites (N-methyl/N-ethyl adjacent to an activating group) is 1. The minimum atomic E-state index is 0.0699. The Hall–Kier alpha value is -1.92. The second-order valence-corrected chi connectivity index (χ2v) is 8.44. The molecule has 6 heteroatoms. The highest BCUT2D eigenvalue weighted by Gasteiger charge is 2.46. The second kappa shape index (κ2) is 9.05. The molecule has 2 aliphatic rings. The Morgan fingerprint density at radius 1 is 1.25 bits per heavy atom. The summed E-state index contributed by atoms with van der Waals surface area (Å²) in [7, 11) is 5.57. The topological polar surface area (TPSA) is 61.9 Å². The fourth-order valence-corrected chi connectivity index (χ4v) is 4.80. The van der Waals surface area contributed by atoms with Gasteiger partial charge in [-0.3, -0.25) is 9.59 Å². The van der Waals surface area contributed by atoms with Gasteiger partial charge in [0.25, 0.3) is 0 Å². The first-order valence-electron chi connectivity index (χ1n) is 10.2. The number of piperidine rings is 1. The minimum absolute atomic E-state index is 0.0699. The Morgan fingerprint density at radius 3 is 2.64 bits per heavy atom. The Labute approximate surface area is 168 Å². The number of carbonyl (C=O) groups is 2. The molecule has 1 aromatic rings. The van der Waals surface area contributed by atoms with Crippen molar-refractivity contribution in [1.82, 2.24) is 15.1 Å². The van der Waals surface area contributed by atoms with E-state index in [4.69, 9.17) is 4.74 Å². The van der Waals surface area contributed by atoms with Crippen LogP contribution in [0.5, 0.6) is 0 Å². The summed E-state index contributed by atoms with van der Waals surface area (Å²) < 4.78 is 5.00. The summed E-state index contributed by atoms with van der Waals surface area (Å²) in [5.74, 6) is 0.462. The van der Waals surface area contributed by atoms with E-state index < -0.39 is 0 Å². The van der Waals surface area contributed by atoms with Crippen LogP contribution in [0.15, 0.2) is 24.3 Å². The van der Waals surface area contributed by atoms with E-state index in [2.05, 4.69) is 34.5 Å². The SMILES string of the molecule is COCC(=O)N1CCC2(CC1)C[C@H](CC(=O)NCCN(C)C)c1ccccc12. The maximum absolute atomic E-state index is 12.5. The quantitative estimate of drug-likeness (QED) is 0.774. The van der Waals surface area contributed by atoms with Crippen LogP contribution in [-0.2, 0) is 19.7 Å². The molecule has 0 saturated carbocycles. The summed E-state index contributed by atoms with van der Waals surface area (Å²) in [6.07, 6.45) is 3.45. The van der Waals surface area contributed by atoms with Gasteiger partial charge in [-0.05, 0) is 55.8 Å². The van der Waals surface area contributed by atoms with Gasteiger partial charge in [-0.1, -0.05) is 24.3 Å². The monoisotopic (exact) mass is 387 g/mol. The number of ether oxygens (including phenoxy) is 1. The predicted octanol–water partition coefficient (Wildman–Crippen LogP) is 1.75. The molecule has 0 bridgehead atoms. The molecular weight excluding hydrogens is 354 g/mol. The molecule has 1 spiro atoms. The number of benzene rings is 1. The van der Waals surface area contributed by atoms with Crippen LogP contribution in [0, 0.1) is 0 Å². The van der Waals surface area contributed by atoms with Crippen LogP contribution in [0.1, 0.15) is 42.7 Å². The fraction of sp³-hybridized carbons (Fsp3) is 0.636. The molecule has 0 aromatic heterocycles. The molecule has 1 heterocycles. The van der Waals surface area contributed by atoms with E-state index in [1.54, 1.807) is 7.11 Å². The van der Waals surface area contributed by atoms with Crippen molar-refractivity contribution in [2.24, 2.45) is 0 Å². The minimum Gasteiger partial charge on any atom is -0.375 e. The number of hydrogen-bond acceptors (Lipinski definition) is 4. The number of methoxy groups -OCH3 is 1. The van der Waals surface area contributed by atoms with Gasteiger partial charge in [0.1, 0.15) is 6.61 Å². The van der Waals surface area contributed by atoms with Crippen molar-refractivity contribution in [3.05, 3.63) is 35.4 Å². The molecule has 0 radical (unpaired) electrons. The fourth-order valence-electron chi connectivity index (χ4n) is 4.80. The number of nitrogens with one attached hydrogen (secondary N) is 1. The molecule has 1 aromatic carbocycles. The van der Waals surface area contributed by atoms with Gasteiger partial charge in [0.15, 0.2) is 0 Å². The number of likely N-dealkylation sites (tertiary alicyclic amines) is 1. The third kappa shape index (κ3) is 4.55. The first-order chi connectivity index (χ1) is 13.4. The molecule has 1 saturated heterocycles. The zero-order chi connectivity index (χ0) is 20.1. The predicted molar refractivity (Wildman–Crippen MR) is 109 cm³/mol. The lowest BCUT2D eigenvalue weighted by Gasteiger charge is -2.40. The van der Waals surface area contributed by atoms with Crippen molar-refractivity contribution in [3.63, 3.8) is 0 Å². The van der Waals surface area contributed by atoms with E-state index >= 15 is 0 Å². The average molecular weight is 388 g/mol. The zero-order valence-electron chi connectivity index (χ0n) is 17.4. The molecule has 2 amide bonds. The molecule has 6 nitrogen and oxygen atoms in total. The number of nitrogens with zero attached hydrogens (tertiary/aromatic N) is 2. The summed E-state index contributed by atoms with van der Waals surface area (Å²) in [6, 6.07) is 8.59. The largest absolute Gasteiger partial charge is 0.375 e. The summed E-state index contributed by atoms with van der Waals surface area (Å²) in [5.41, 5.74) is 2.80. The number of amides is 2. The molecule has 0 unspecified atom stereocenters. The molecule has 1 N–H and O–H groups in total. The molecule has 1 aliphatic heterocycles. The van der Waals surface area contributed by atoms with Crippen molar-refractivity contribution >= 4 is 11.8 Å². The lowest BCUT2D eigenvalue weighted by molar-refractivity contribution is -0.136. The van der Waals surface area contributed by atoms with Gasteiger partial charge in [-0.25, -0.2) is 0 Å². The smallest absolute Gasteiger partial charge is 0.248 e. The second-order valence-electron chi connectivity index (χ2n) is 8.44. The highest BCUT2D eigenvalue weighted by atomic mass is 16.5. The van der Waals surface area contributed by atoms with E-state index in [0.29, 0.717) is 13.0 Å². The summed E-state index contributed by atoms with van der Waals surface area (Å²) in [5, 5.41) is 3.05. The summed E-state index contributed by atoms with van der Waals surface area (Å²) in [4.78, 5) is 28.6. The van der Waals surface area contributed by atoms with Crippen LogP contribution in [-0.4, -0.2) is 75.6 Å². The molecule has 1 aliphatic carbocycles. The van der Waals surface area contributed by atoms with E-state index in [1.165, 1.54) is 11.1 Å². The van der Waals surface area contributed by atoms with Crippen molar-refractivity contribution in [3.8, 4) is 0 Å². The van der Waals surface area contributed by atoms with Gasteiger partial charge in [0.2, 0.25) is 11.8 Å². The Morgan fingerprint density at radius 2 is 1.96 bits per heavy atom. The van der Waals surface area contributed by atoms with Crippen molar-refractivity contribution in [2.75, 3.05) is 54.0 Å². The van der Waals surface area contributed by atoms with E-state index in [-0.39, 0.29) is 29.8 Å². The molecule has 3 rings (SSSR count). The maximum Gasteiger partial charge on any atom is 0.248 e. The van der Waals surface area contributed by atoms with Gasteiger partial charge in [0.05, 0.1) is 0 Å². The third-order valence-corrected chi connectivity index (χ3v) is 6.26. The van der Waals surface area contributed by atoms with Gasteiger partial charge < -0.3 is 19.9 Å². The summed E-state index contributed by atoms with van der Waals surface area (Å²) >= 11 is 0. The van der Waals surface area contributed by atoms with Crippen LogP contribution in [0.2, 0.25) is 0 Å². The molecule has 154 valence electrons. The van der Waals surface area contributed by atoms with E-state index in [1.807, 2.05) is 19.0 Å². The Bertz CT molecular complexity index is 696. The van der Waals surface area contributed by atoms with E-state index in [9.17, 15) is 9.59 Å². The molecular formula is C22H33N3O3. The van der Waals surface area contributed by atoms with Crippen LogP contribution >= 0.6 is 0 Å². The van der Waals surface area contributed by atoms with Gasteiger partial charge >= 0.3 is 0 Å². The van der Waals surface area contributed by atoms with Crippen LogP contribution in [0.3, 0.4) is 0 Å². The van der Waals surface area contributed by atoms with Crippen LogP contribution in [0.25, 0.3) is 0 Å². The lowest BCUT2D eigenvalue weighted by Crippen LogP contribution is -2.45. The van der Waals surface area contributed by atoms with Gasteiger partial charge in [-0.15, -0.1) is 0 Å². The first kappa shape index (κ1) is 20.8. The lowest BCUT2D eigenvalue weighted by atomic mass is 9.73. The highest BCUT2D eigenvalue weighted by Crippen LogP contribution is 2.52. The van der Waals surface area contributed by atoms with Gasteiger partial charge in [-0.2, -0.15) is 0 Å². The zero-order valence-corrected chi connectivity index (χ0v) is 17.4. The normalized spacial score (nSPS) is 20.4. The first-order valence-corrected chi connectivity index (χ1v) is 10.2. The Balaban J connectivity index is 1.66. The average Bonchev–Trinajstić information content (AvgIpc) is 2.96. The summed E-state index contributed by atoms with van der Waals surface area (Å²) in [6.45, 7) is 3.21. The number of hydrogen-bond donors (Lipinski definition) is 1. The van der Waals surface area contributed by atoms with Gasteiger partial charge in [0, 0.05) is 39.7 Å². The van der Waals surface area contributed by atoms with Crippen LogP contribution in [0.4, 0.5) is 0 Å². The molecule has 1 atom stereocenters. The number of rotatable bonds is 7.